The van der Waals surface area contributed by atoms with Crippen LogP contribution < -0.4 is 0 Å². The van der Waals surface area contributed by atoms with Gasteiger partial charge in [0.2, 0.25) is 0 Å². The molecule has 0 bridgehead atoms. The van der Waals surface area contributed by atoms with Crippen molar-refractivity contribution in [2.24, 2.45) is 0 Å². The van der Waals surface area contributed by atoms with Crippen LogP contribution in [-0.4, -0.2) is 37.9 Å². The molecule has 3 heterocycles. The van der Waals surface area contributed by atoms with E-state index in [2.05, 4.69) is 70.0 Å². The van der Waals surface area contributed by atoms with Gasteiger partial charge in [0.15, 0.2) is 5.65 Å². The molecule has 1 unspecified atom stereocenters. The molecule has 0 aliphatic carbocycles. The zero-order valence-corrected chi connectivity index (χ0v) is 17.2. The van der Waals surface area contributed by atoms with Gasteiger partial charge in [-0.05, 0) is 51.1 Å². The van der Waals surface area contributed by atoms with E-state index in [1.165, 1.54) is 35.7 Å². The second-order valence-electron chi connectivity index (χ2n) is 7.85. The van der Waals surface area contributed by atoms with Gasteiger partial charge in [-0.2, -0.15) is 0 Å². The molecule has 0 radical (unpaired) electrons. The topological polar surface area (TPSA) is 60.6 Å². The molecular weight excluding hydrogens is 346 g/mol. The zero-order valence-electron chi connectivity index (χ0n) is 17.2. The minimum absolute atomic E-state index is 0.585. The minimum atomic E-state index is 0.585. The van der Waals surface area contributed by atoms with Gasteiger partial charge in [0.05, 0.1) is 5.52 Å². The minimum Gasteiger partial charge on any atom is -0.354 e. The van der Waals surface area contributed by atoms with Gasteiger partial charge in [-0.3, -0.25) is 4.90 Å². The van der Waals surface area contributed by atoms with Crippen LogP contribution in [0.4, 0.5) is 0 Å². The van der Waals surface area contributed by atoms with E-state index in [9.17, 15) is 0 Å². The fourth-order valence-corrected chi connectivity index (χ4v) is 3.90. The number of H-pyrrole nitrogens is 2. The first-order valence-corrected chi connectivity index (χ1v) is 10.2. The second kappa shape index (κ2) is 7.76. The Bertz CT molecular complexity index is 1090. The van der Waals surface area contributed by atoms with Crippen LogP contribution in [0.1, 0.15) is 44.5 Å². The molecule has 146 valence electrons. The van der Waals surface area contributed by atoms with Crippen molar-refractivity contribution in [2.45, 2.75) is 52.6 Å². The Hall–Kier alpha value is -2.66. The van der Waals surface area contributed by atoms with E-state index in [0.717, 1.165) is 34.8 Å². The lowest BCUT2D eigenvalue weighted by atomic mass is 10.1. The van der Waals surface area contributed by atoms with E-state index in [0.29, 0.717) is 6.04 Å². The average molecular weight is 376 g/mol. The highest BCUT2D eigenvalue weighted by atomic mass is 15.1. The van der Waals surface area contributed by atoms with Crippen molar-refractivity contribution >= 4 is 22.1 Å². The Morgan fingerprint density at radius 3 is 2.86 bits per heavy atom. The number of pyridine rings is 1. The van der Waals surface area contributed by atoms with Crippen LogP contribution in [-0.2, 0) is 6.54 Å². The quantitative estimate of drug-likeness (QED) is 0.453. The molecule has 2 N–H and O–H groups in total. The Balaban J connectivity index is 1.69. The van der Waals surface area contributed by atoms with Crippen LogP contribution in [0.25, 0.3) is 33.3 Å². The summed E-state index contributed by atoms with van der Waals surface area (Å²) in [4.78, 5) is 18.3. The Labute approximate surface area is 166 Å². The van der Waals surface area contributed by atoms with Gasteiger partial charge in [-0.15, -0.1) is 0 Å². The molecule has 1 atom stereocenters. The number of nitrogens with zero attached hydrogens (tertiary/aromatic N) is 3. The SMILES string of the molecule is CCCCC(C)N(C)Cc1cccc2[nH]c(-c3ccnc4nc(C)[nH]c34)cc12. The Kier molecular flexibility index (Phi) is 5.18. The van der Waals surface area contributed by atoms with Gasteiger partial charge >= 0.3 is 0 Å². The molecule has 0 aliphatic heterocycles. The van der Waals surface area contributed by atoms with Gasteiger partial charge in [0, 0.05) is 40.9 Å². The van der Waals surface area contributed by atoms with Crippen LogP contribution in [0, 0.1) is 6.92 Å². The van der Waals surface area contributed by atoms with Crippen molar-refractivity contribution in [3.8, 4) is 11.3 Å². The molecule has 4 aromatic rings. The number of rotatable bonds is 7. The summed E-state index contributed by atoms with van der Waals surface area (Å²) in [5.74, 6) is 0.884. The molecular formula is C23H29N5. The van der Waals surface area contributed by atoms with E-state index < -0.39 is 0 Å². The third-order valence-corrected chi connectivity index (χ3v) is 5.70. The number of aryl methyl sites for hydroxylation is 1. The largest absolute Gasteiger partial charge is 0.354 e. The number of hydrogen-bond acceptors (Lipinski definition) is 3. The lowest BCUT2D eigenvalue weighted by Gasteiger charge is -2.25. The summed E-state index contributed by atoms with van der Waals surface area (Å²) in [5.41, 5.74) is 6.48. The molecule has 4 rings (SSSR count). The van der Waals surface area contributed by atoms with Crippen LogP contribution in [0.15, 0.2) is 36.5 Å². The Morgan fingerprint density at radius 2 is 2.04 bits per heavy atom. The van der Waals surface area contributed by atoms with Gasteiger partial charge in [-0.25, -0.2) is 9.97 Å². The predicted octanol–water partition coefficient (Wildman–Crippen LogP) is 5.43. The summed E-state index contributed by atoms with van der Waals surface area (Å²) in [6.07, 6.45) is 5.61. The number of hydrogen-bond donors (Lipinski definition) is 2. The van der Waals surface area contributed by atoms with Crippen molar-refractivity contribution < 1.29 is 0 Å². The smallest absolute Gasteiger partial charge is 0.178 e. The molecule has 5 heteroatoms. The van der Waals surface area contributed by atoms with Crippen molar-refractivity contribution in [1.29, 1.82) is 0 Å². The molecule has 0 fully saturated rings. The van der Waals surface area contributed by atoms with E-state index in [1.807, 2.05) is 19.2 Å². The standard InChI is InChI=1S/C23H29N5/c1-5-6-8-15(2)28(4)14-17-9-7-10-20-19(17)13-21(27-20)18-11-12-24-23-22(18)25-16(3)26-23/h7,9-13,15,27H,5-6,8,14H2,1-4H3,(H,24,25,26). The average Bonchev–Trinajstić information content (AvgIpc) is 3.28. The van der Waals surface area contributed by atoms with E-state index in [-0.39, 0.29) is 0 Å². The highest BCUT2D eigenvalue weighted by molar-refractivity contribution is 5.94. The molecule has 0 amide bonds. The fourth-order valence-electron chi connectivity index (χ4n) is 3.90. The number of imidazole rings is 1. The number of nitrogens with one attached hydrogen (secondary N) is 2. The Morgan fingerprint density at radius 1 is 1.18 bits per heavy atom. The molecule has 1 aromatic carbocycles. The summed E-state index contributed by atoms with van der Waals surface area (Å²) in [6.45, 7) is 7.50. The number of aromatic amines is 2. The lowest BCUT2D eigenvalue weighted by Crippen LogP contribution is -2.28. The second-order valence-corrected chi connectivity index (χ2v) is 7.85. The van der Waals surface area contributed by atoms with Gasteiger partial charge < -0.3 is 9.97 Å². The molecule has 0 saturated carbocycles. The summed E-state index contributed by atoms with van der Waals surface area (Å²) in [5, 5.41) is 1.29. The van der Waals surface area contributed by atoms with Crippen molar-refractivity contribution in [1.82, 2.24) is 24.8 Å². The fraction of sp³-hybridized carbons (Fsp3) is 0.391. The van der Waals surface area contributed by atoms with Crippen LogP contribution in [0.3, 0.4) is 0 Å². The first kappa shape index (κ1) is 18.7. The number of benzene rings is 1. The van der Waals surface area contributed by atoms with Crippen LogP contribution in [0.5, 0.6) is 0 Å². The molecule has 28 heavy (non-hydrogen) atoms. The number of unbranched alkanes of at least 4 members (excludes halogenated alkanes) is 1. The molecule has 5 nitrogen and oxygen atoms in total. The van der Waals surface area contributed by atoms with E-state index in [4.69, 9.17) is 0 Å². The third kappa shape index (κ3) is 3.54. The van der Waals surface area contributed by atoms with E-state index in [1.54, 1.807) is 0 Å². The zero-order chi connectivity index (χ0) is 19.7. The maximum Gasteiger partial charge on any atom is 0.178 e. The molecule has 3 aromatic heterocycles. The third-order valence-electron chi connectivity index (χ3n) is 5.70. The van der Waals surface area contributed by atoms with E-state index >= 15 is 0 Å². The van der Waals surface area contributed by atoms with Crippen LogP contribution in [0.2, 0.25) is 0 Å². The first-order valence-electron chi connectivity index (χ1n) is 10.2. The number of fused-ring (bicyclic) bond motifs is 2. The summed E-state index contributed by atoms with van der Waals surface area (Å²) >= 11 is 0. The summed E-state index contributed by atoms with van der Waals surface area (Å²) < 4.78 is 0. The lowest BCUT2D eigenvalue weighted by molar-refractivity contribution is 0.235. The molecule has 0 saturated heterocycles. The molecule has 0 spiro atoms. The number of aromatic nitrogens is 4. The van der Waals surface area contributed by atoms with Crippen LogP contribution >= 0.6 is 0 Å². The first-order chi connectivity index (χ1) is 13.6. The van der Waals surface area contributed by atoms with Gasteiger partial charge in [0.1, 0.15) is 5.82 Å². The van der Waals surface area contributed by atoms with Crippen molar-refractivity contribution in [2.75, 3.05) is 7.05 Å². The monoisotopic (exact) mass is 375 g/mol. The predicted molar refractivity (Wildman–Crippen MR) is 116 cm³/mol. The maximum absolute atomic E-state index is 4.47. The highest BCUT2D eigenvalue weighted by Crippen LogP contribution is 2.30. The van der Waals surface area contributed by atoms with Gasteiger partial charge in [0.25, 0.3) is 0 Å². The maximum atomic E-state index is 4.47. The highest BCUT2D eigenvalue weighted by Gasteiger charge is 2.14. The summed E-state index contributed by atoms with van der Waals surface area (Å²) in [7, 11) is 2.23. The normalized spacial score (nSPS) is 13.0. The van der Waals surface area contributed by atoms with Crippen molar-refractivity contribution in [3.63, 3.8) is 0 Å². The summed E-state index contributed by atoms with van der Waals surface area (Å²) in [6, 6.07) is 11.4. The van der Waals surface area contributed by atoms with Gasteiger partial charge in [-0.1, -0.05) is 31.9 Å². The van der Waals surface area contributed by atoms with Crippen molar-refractivity contribution in [3.05, 3.63) is 47.9 Å². The molecule has 0 aliphatic rings.